The second-order valence-corrected chi connectivity index (χ2v) is 7.36. The number of nitrogens with zero attached hydrogens (tertiary/aromatic N) is 1. The van der Waals surface area contributed by atoms with Gasteiger partial charge in [0.1, 0.15) is 0 Å². The van der Waals surface area contributed by atoms with Crippen molar-refractivity contribution in [3.05, 3.63) is 0 Å². The Hall–Kier alpha value is -0.120. The Morgan fingerprint density at radius 2 is 1.56 bits per heavy atom. The van der Waals surface area contributed by atoms with Gasteiger partial charge in [0.15, 0.2) is 0 Å². The second kappa shape index (κ2) is 5.10. The fourth-order valence-corrected chi connectivity index (χ4v) is 3.28. The summed E-state index contributed by atoms with van der Waals surface area (Å²) < 4.78 is 6.31. The average molecular weight is 257 g/mol. The fourth-order valence-electron chi connectivity index (χ4n) is 3.28. The molecule has 3 heteroatoms. The summed E-state index contributed by atoms with van der Waals surface area (Å²) in [4.78, 5) is 5.60. The van der Waals surface area contributed by atoms with Crippen molar-refractivity contribution in [2.45, 2.75) is 90.5 Å². The first-order valence-electron chi connectivity index (χ1n) is 7.06. The summed E-state index contributed by atoms with van der Waals surface area (Å²) in [5.41, 5.74) is -0.0257. The van der Waals surface area contributed by atoms with Crippen molar-refractivity contribution in [2.75, 3.05) is 7.11 Å². The van der Waals surface area contributed by atoms with Gasteiger partial charge in [-0.1, -0.05) is 6.92 Å². The van der Waals surface area contributed by atoms with Crippen molar-refractivity contribution < 1.29 is 9.57 Å². The molecule has 0 atom stereocenters. The highest BCUT2D eigenvalue weighted by molar-refractivity contribution is 4.97. The molecule has 0 spiro atoms. The Labute approximate surface area is 113 Å². The largest absolute Gasteiger partial charge is 0.372 e. The van der Waals surface area contributed by atoms with E-state index in [0.717, 1.165) is 19.3 Å². The van der Waals surface area contributed by atoms with Crippen LogP contribution in [-0.4, -0.2) is 35.0 Å². The lowest BCUT2D eigenvalue weighted by Gasteiger charge is -2.54. The van der Waals surface area contributed by atoms with E-state index in [2.05, 4.69) is 53.5 Å². The Bertz CT molecular complexity index is 266. The third-order valence-electron chi connectivity index (χ3n) is 4.07. The molecule has 1 saturated heterocycles. The highest BCUT2D eigenvalue weighted by Crippen LogP contribution is 2.40. The van der Waals surface area contributed by atoms with Crippen LogP contribution >= 0.6 is 0 Å². The minimum absolute atomic E-state index is 0.00495. The zero-order valence-corrected chi connectivity index (χ0v) is 13.5. The van der Waals surface area contributed by atoms with Crippen LogP contribution in [0.5, 0.6) is 0 Å². The first-order valence-corrected chi connectivity index (χ1v) is 7.06. The molecule has 1 heterocycles. The van der Waals surface area contributed by atoms with Crippen LogP contribution in [0.25, 0.3) is 0 Å². The quantitative estimate of drug-likeness (QED) is 0.765. The first kappa shape index (κ1) is 15.9. The molecule has 0 N–H and O–H groups in total. The van der Waals surface area contributed by atoms with Crippen molar-refractivity contribution in [3.8, 4) is 0 Å². The molecule has 1 aliphatic heterocycles. The smallest absolute Gasteiger partial charge is 0.0627 e. The van der Waals surface area contributed by atoms with Gasteiger partial charge >= 0.3 is 0 Å². The van der Waals surface area contributed by atoms with Gasteiger partial charge in [0.05, 0.1) is 18.8 Å². The lowest BCUT2D eigenvalue weighted by Crippen LogP contribution is -2.62. The molecule has 3 nitrogen and oxygen atoms in total. The number of hydrogen-bond donors (Lipinski definition) is 0. The van der Waals surface area contributed by atoms with E-state index >= 15 is 0 Å². The van der Waals surface area contributed by atoms with Crippen LogP contribution < -0.4 is 0 Å². The molecular weight excluding hydrogens is 226 g/mol. The molecule has 0 radical (unpaired) electrons. The van der Waals surface area contributed by atoms with Crippen LogP contribution in [0.2, 0.25) is 0 Å². The maximum Gasteiger partial charge on any atom is 0.0627 e. The molecule has 0 aromatic carbocycles. The van der Waals surface area contributed by atoms with Gasteiger partial charge in [-0.15, -0.1) is 0 Å². The molecular formula is C15H31NO2. The third kappa shape index (κ3) is 3.46. The van der Waals surface area contributed by atoms with Crippen molar-refractivity contribution in [3.63, 3.8) is 0 Å². The molecule has 1 aliphatic rings. The van der Waals surface area contributed by atoms with Gasteiger partial charge in [-0.2, -0.15) is 5.06 Å². The summed E-state index contributed by atoms with van der Waals surface area (Å²) in [6.45, 7) is 15.4. The zero-order valence-electron chi connectivity index (χ0n) is 13.5. The first-order chi connectivity index (χ1) is 8.04. The van der Waals surface area contributed by atoms with Crippen LogP contribution in [0.1, 0.15) is 67.7 Å². The van der Waals surface area contributed by atoms with Gasteiger partial charge in [-0.3, -0.25) is 0 Å². The molecule has 0 aromatic heterocycles. The summed E-state index contributed by atoms with van der Waals surface area (Å²) in [6.07, 6.45) is 3.36. The van der Waals surface area contributed by atoms with E-state index < -0.39 is 0 Å². The van der Waals surface area contributed by atoms with Crippen molar-refractivity contribution in [1.29, 1.82) is 0 Å². The Morgan fingerprint density at radius 1 is 1.11 bits per heavy atom. The topological polar surface area (TPSA) is 21.7 Å². The van der Waals surface area contributed by atoms with E-state index in [1.54, 1.807) is 7.11 Å². The van der Waals surface area contributed by atoms with E-state index in [1.165, 1.54) is 0 Å². The molecule has 18 heavy (non-hydrogen) atoms. The molecule has 0 bridgehead atoms. The number of hydrogen-bond acceptors (Lipinski definition) is 3. The highest BCUT2D eigenvalue weighted by atomic mass is 16.7. The molecule has 1 fully saturated rings. The monoisotopic (exact) mass is 257 g/mol. The van der Waals surface area contributed by atoms with Crippen molar-refractivity contribution in [2.24, 2.45) is 0 Å². The minimum Gasteiger partial charge on any atom is -0.372 e. The molecule has 0 amide bonds. The third-order valence-corrected chi connectivity index (χ3v) is 4.07. The Balaban J connectivity index is 2.83. The summed E-state index contributed by atoms with van der Waals surface area (Å²) >= 11 is 0. The zero-order chi connectivity index (χ0) is 14.2. The van der Waals surface area contributed by atoms with E-state index in [1.807, 2.05) is 0 Å². The predicted molar refractivity (Wildman–Crippen MR) is 75.5 cm³/mol. The Morgan fingerprint density at radius 3 is 1.89 bits per heavy atom. The number of rotatable bonds is 4. The van der Waals surface area contributed by atoms with Crippen molar-refractivity contribution >= 4 is 0 Å². The number of ether oxygens (including phenoxy) is 1. The van der Waals surface area contributed by atoms with Crippen LogP contribution in [0.15, 0.2) is 0 Å². The van der Waals surface area contributed by atoms with Gasteiger partial charge in [-0.25, -0.2) is 0 Å². The summed E-state index contributed by atoms with van der Waals surface area (Å²) in [5.74, 6) is 0. The van der Waals surface area contributed by atoms with Crippen molar-refractivity contribution in [1.82, 2.24) is 5.06 Å². The molecule has 1 rings (SSSR count). The number of hydroxylamine groups is 2. The predicted octanol–water partition coefficient (Wildman–Crippen LogP) is 3.77. The maximum atomic E-state index is 6.31. The van der Waals surface area contributed by atoms with Gasteiger partial charge in [0, 0.05) is 11.1 Å². The molecule has 0 unspecified atom stereocenters. The van der Waals surface area contributed by atoms with Gasteiger partial charge in [0.2, 0.25) is 0 Å². The van der Waals surface area contributed by atoms with Gasteiger partial charge in [0.25, 0.3) is 0 Å². The second-order valence-electron chi connectivity index (χ2n) is 7.36. The fraction of sp³-hybridized carbons (Fsp3) is 1.00. The van der Waals surface area contributed by atoms with Gasteiger partial charge in [-0.05, 0) is 60.8 Å². The highest BCUT2D eigenvalue weighted by Gasteiger charge is 2.47. The summed E-state index contributed by atoms with van der Waals surface area (Å²) in [6, 6.07) is 0. The molecule has 0 aliphatic carbocycles. The normalized spacial score (nSPS) is 25.3. The Kier molecular flexibility index (Phi) is 4.52. The van der Waals surface area contributed by atoms with E-state index in [9.17, 15) is 0 Å². The van der Waals surface area contributed by atoms with E-state index in [-0.39, 0.29) is 16.7 Å². The van der Waals surface area contributed by atoms with Crippen LogP contribution in [0.3, 0.4) is 0 Å². The van der Waals surface area contributed by atoms with E-state index in [4.69, 9.17) is 9.57 Å². The average Bonchev–Trinajstić information content (AvgIpc) is 2.13. The molecule has 0 saturated carbocycles. The van der Waals surface area contributed by atoms with Crippen LogP contribution in [0.4, 0.5) is 0 Å². The van der Waals surface area contributed by atoms with Crippen LogP contribution in [-0.2, 0) is 9.57 Å². The standard InChI is InChI=1S/C15H31NO2/c1-9-15(6,7)18-12-10-13(2,3)16(17-8)14(4,5)11-12/h12H,9-11H2,1-8H3. The van der Waals surface area contributed by atoms with Gasteiger partial charge < -0.3 is 9.57 Å². The minimum atomic E-state index is -0.0356. The number of piperidine rings is 1. The molecule has 0 aromatic rings. The lowest BCUT2D eigenvalue weighted by molar-refractivity contribution is -0.286. The summed E-state index contributed by atoms with van der Waals surface area (Å²) in [7, 11) is 1.76. The summed E-state index contributed by atoms with van der Waals surface area (Å²) in [5, 5.41) is 2.12. The lowest BCUT2D eigenvalue weighted by atomic mass is 9.80. The maximum absolute atomic E-state index is 6.31. The molecule has 108 valence electrons. The SMILES string of the molecule is CCC(C)(C)OC1CC(C)(C)N(OC)C(C)(C)C1. The van der Waals surface area contributed by atoms with E-state index in [0.29, 0.717) is 6.10 Å². The van der Waals surface area contributed by atoms with Crippen LogP contribution in [0, 0.1) is 0 Å².